The Morgan fingerprint density at radius 3 is 3.00 bits per heavy atom. The number of likely N-dealkylation sites (tertiary alicyclic amines) is 1. The van der Waals surface area contributed by atoms with Crippen LogP contribution in [0.15, 0.2) is 4.34 Å². The summed E-state index contributed by atoms with van der Waals surface area (Å²) in [5.41, 5.74) is 0. The van der Waals surface area contributed by atoms with Crippen LogP contribution in [-0.4, -0.2) is 45.4 Å². The molecule has 0 aliphatic carbocycles. The zero-order chi connectivity index (χ0) is 15.2. The average Bonchev–Trinajstić information content (AvgIpc) is 2.94. The Labute approximate surface area is 134 Å². The molecule has 7 heteroatoms. The molecule has 1 aromatic heterocycles. The van der Waals surface area contributed by atoms with Gasteiger partial charge in [0.2, 0.25) is 11.0 Å². The first-order chi connectivity index (χ1) is 10.2. The maximum absolute atomic E-state index is 12.7. The lowest BCUT2D eigenvalue weighted by molar-refractivity contribution is -0.134. The molecular formula is C14H24N4OS2. The number of nitrogens with one attached hydrogen (secondary N) is 1. The van der Waals surface area contributed by atoms with Gasteiger partial charge in [-0.05, 0) is 39.5 Å². The Bertz CT molecular complexity index is 466. The van der Waals surface area contributed by atoms with E-state index in [2.05, 4.69) is 27.3 Å². The topological polar surface area (TPSA) is 58.1 Å². The molecule has 0 aromatic carbocycles. The van der Waals surface area contributed by atoms with Gasteiger partial charge in [-0.15, -0.1) is 10.2 Å². The molecule has 1 aliphatic rings. The van der Waals surface area contributed by atoms with Crippen molar-refractivity contribution in [2.45, 2.75) is 62.1 Å². The molecule has 5 nitrogen and oxygen atoms in total. The van der Waals surface area contributed by atoms with Crippen LogP contribution >= 0.6 is 23.1 Å². The number of carbonyl (C=O) groups is 1. The van der Waals surface area contributed by atoms with E-state index in [1.54, 1.807) is 0 Å². The van der Waals surface area contributed by atoms with Crippen LogP contribution in [0.2, 0.25) is 0 Å². The number of rotatable bonds is 6. The van der Waals surface area contributed by atoms with Gasteiger partial charge in [0.15, 0.2) is 4.34 Å². The molecule has 0 spiro atoms. The quantitative estimate of drug-likeness (QED) is 0.812. The van der Waals surface area contributed by atoms with Gasteiger partial charge in [0.25, 0.3) is 0 Å². The highest BCUT2D eigenvalue weighted by atomic mass is 32.2. The first-order valence-corrected chi connectivity index (χ1v) is 9.39. The Balaban J connectivity index is 1.94. The van der Waals surface area contributed by atoms with Crippen molar-refractivity contribution in [2.75, 3.05) is 18.4 Å². The summed E-state index contributed by atoms with van der Waals surface area (Å²) >= 11 is 3.03. The van der Waals surface area contributed by atoms with Gasteiger partial charge in [-0.1, -0.05) is 30.0 Å². The number of piperidine rings is 1. The van der Waals surface area contributed by atoms with Crippen molar-refractivity contribution in [2.24, 2.45) is 0 Å². The molecule has 1 amide bonds. The maximum Gasteiger partial charge on any atom is 0.236 e. The van der Waals surface area contributed by atoms with Gasteiger partial charge < -0.3 is 10.2 Å². The van der Waals surface area contributed by atoms with E-state index in [9.17, 15) is 4.79 Å². The third-order valence-corrected chi connectivity index (χ3v) is 5.79. The third-order valence-electron chi connectivity index (χ3n) is 3.74. The molecular weight excluding hydrogens is 304 g/mol. The lowest BCUT2D eigenvalue weighted by atomic mass is 10.00. The van der Waals surface area contributed by atoms with Crippen molar-refractivity contribution < 1.29 is 4.79 Å². The second-order valence-electron chi connectivity index (χ2n) is 5.25. The molecule has 2 heterocycles. The lowest BCUT2D eigenvalue weighted by Gasteiger charge is -2.36. The summed E-state index contributed by atoms with van der Waals surface area (Å²) in [4.78, 5) is 14.7. The second kappa shape index (κ2) is 7.98. The fourth-order valence-electron chi connectivity index (χ4n) is 2.63. The molecule has 1 saturated heterocycles. The minimum absolute atomic E-state index is 0.0976. The van der Waals surface area contributed by atoms with E-state index in [0.717, 1.165) is 41.8 Å². The van der Waals surface area contributed by atoms with E-state index >= 15 is 0 Å². The Hall–Kier alpha value is -0.820. The highest BCUT2D eigenvalue weighted by Gasteiger charge is 2.29. The summed E-state index contributed by atoms with van der Waals surface area (Å²) < 4.78 is 0.858. The minimum atomic E-state index is -0.0976. The monoisotopic (exact) mass is 328 g/mol. The van der Waals surface area contributed by atoms with Gasteiger partial charge in [0, 0.05) is 19.1 Å². The van der Waals surface area contributed by atoms with E-state index in [-0.39, 0.29) is 11.2 Å². The second-order valence-corrected chi connectivity index (χ2v) is 7.82. The van der Waals surface area contributed by atoms with Crippen molar-refractivity contribution in [1.82, 2.24) is 15.1 Å². The highest BCUT2D eigenvalue weighted by Crippen LogP contribution is 2.31. The molecule has 1 aliphatic heterocycles. The fraction of sp³-hybridized carbons (Fsp3) is 0.786. The summed E-state index contributed by atoms with van der Waals surface area (Å²) in [5.74, 6) is 0.242. The molecule has 21 heavy (non-hydrogen) atoms. The molecule has 1 fully saturated rings. The molecule has 0 bridgehead atoms. The zero-order valence-electron chi connectivity index (χ0n) is 13.0. The minimum Gasteiger partial charge on any atom is -0.360 e. The Kier molecular flexibility index (Phi) is 6.29. The predicted molar refractivity (Wildman–Crippen MR) is 89.0 cm³/mol. The molecule has 2 unspecified atom stereocenters. The summed E-state index contributed by atoms with van der Waals surface area (Å²) in [6.45, 7) is 7.91. The van der Waals surface area contributed by atoms with E-state index in [0.29, 0.717) is 6.04 Å². The number of hydrogen-bond donors (Lipinski definition) is 1. The van der Waals surface area contributed by atoms with Crippen molar-refractivity contribution >= 4 is 34.1 Å². The molecule has 2 atom stereocenters. The van der Waals surface area contributed by atoms with Gasteiger partial charge in [-0.3, -0.25) is 4.79 Å². The summed E-state index contributed by atoms with van der Waals surface area (Å²) in [7, 11) is 0. The number of carbonyl (C=O) groups excluding carboxylic acids is 1. The Morgan fingerprint density at radius 1 is 1.48 bits per heavy atom. The summed E-state index contributed by atoms with van der Waals surface area (Å²) in [5, 5.41) is 12.1. The molecule has 1 N–H and O–H groups in total. The van der Waals surface area contributed by atoms with E-state index in [1.807, 2.05) is 13.8 Å². The zero-order valence-corrected chi connectivity index (χ0v) is 14.6. The molecule has 1 aromatic rings. The summed E-state index contributed by atoms with van der Waals surface area (Å²) in [6, 6.07) is 0.418. The predicted octanol–water partition coefficient (Wildman–Crippen LogP) is 3.24. The third kappa shape index (κ3) is 4.32. The average molecular weight is 329 g/mol. The SMILES string of the molecule is CCNc1nnc(SC(C)C(=O)N2CCCCC2CC)s1. The van der Waals surface area contributed by atoms with Crippen LogP contribution in [0.5, 0.6) is 0 Å². The van der Waals surface area contributed by atoms with Crippen LogP contribution < -0.4 is 5.32 Å². The lowest BCUT2D eigenvalue weighted by Crippen LogP contribution is -2.46. The first kappa shape index (κ1) is 16.5. The summed E-state index contributed by atoms with van der Waals surface area (Å²) in [6.07, 6.45) is 4.56. The Morgan fingerprint density at radius 2 is 2.29 bits per heavy atom. The van der Waals surface area contributed by atoms with Gasteiger partial charge in [-0.2, -0.15) is 0 Å². The number of amides is 1. The van der Waals surface area contributed by atoms with Crippen LogP contribution in [0, 0.1) is 0 Å². The highest BCUT2D eigenvalue weighted by molar-refractivity contribution is 8.02. The first-order valence-electron chi connectivity index (χ1n) is 7.70. The van der Waals surface area contributed by atoms with E-state index < -0.39 is 0 Å². The molecule has 0 radical (unpaired) electrons. The van der Waals surface area contributed by atoms with Crippen LogP contribution in [0.25, 0.3) is 0 Å². The maximum atomic E-state index is 12.7. The fourth-order valence-corrected chi connectivity index (χ4v) is 4.66. The van der Waals surface area contributed by atoms with E-state index in [1.165, 1.54) is 29.5 Å². The van der Waals surface area contributed by atoms with Crippen LogP contribution in [0.3, 0.4) is 0 Å². The molecule has 118 valence electrons. The van der Waals surface area contributed by atoms with Gasteiger partial charge >= 0.3 is 0 Å². The van der Waals surface area contributed by atoms with Crippen molar-refractivity contribution in [3.63, 3.8) is 0 Å². The van der Waals surface area contributed by atoms with Crippen LogP contribution in [0.1, 0.15) is 46.5 Å². The molecule has 0 saturated carbocycles. The number of anilines is 1. The number of nitrogens with zero attached hydrogens (tertiary/aromatic N) is 3. The standard InChI is InChI=1S/C14H24N4OS2/c1-4-11-8-6-7-9-18(11)12(19)10(3)20-14-17-16-13(21-14)15-5-2/h10-11H,4-9H2,1-3H3,(H,15,16). The molecule has 2 rings (SSSR count). The number of aromatic nitrogens is 2. The van der Waals surface area contributed by atoms with Crippen LogP contribution in [0.4, 0.5) is 5.13 Å². The largest absolute Gasteiger partial charge is 0.360 e. The van der Waals surface area contributed by atoms with Crippen molar-refractivity contribution in [3.05, 3.63) is 0 Å². The van der Waals surface area contributed by atoms with Gasteiger partial charge in [0.1, 0.15) is 0 Å². The van der Waals surface area contributed by atoms with Crippen molar-refractivity contribution in [1.29, 1.82) is 0 Å². The van der Waals surface area contributed by atoms with Crippen LogP contribution in [-0.2, 0) is 4.79 Å². The van der Waals surface area contributed by atoms with Gasteiger partial charge in [-0.25, -0.2) is 0 Å². The van der Waals surface area contributed by atoms with Crippen molar-refractivity contribution in [3.8, 4) is 0 Å². The number of thioether (sulfide) groups is 1. The van der Waals surface area contributed by atoms with Gasteiger partial charge in [0.05, 0.1) is 5.25 Å². The normalized spacial score (nSPS) is 20.3. The smallest absolute Gasteiger partial charge is 0.236 e. The van der Waals surface area contributed by atoms with E-state index in [4.69, 9.17) is 0 Å². The number of hydrogen-bond acceptors (Lipinski definition) is 6.